The van der Waals surface area contributed by atoms with E-state index in [1.54, 1.807) is 12.1 Å². The van der Waals surface area contributed by atoms with Gasteiger partial charge < -0.3 is 10.1 Å². The summed E-state index contributed by atoms with van der Waals surface area (Å²) in [6, 6.07) is 2.01. The summed E-state index contributed by atoms with van der Waals surface area (Å²) in [6.45, 7) is 0.106. The van der Waals surface area contributed by atoms with E-state index in [0.717, 1.165) is 16.0 Å². The first-order valence-corrected chi connectivity index (χ1v) is 9.63. The molecule has 1 aliphatic heterocycles. The number of thiophene rings is 1. The average Bonchev–Trinajstić information content (AvgIpc) is 3.05. The summed E-state index contributed by atoms with van der Waals surface area (Å²) >= 11 is 7.20. The summed E-state index contributed by atoms with van der Waals surface area (Å²) in [7, 11) is -2.17. The summed E-state index contributed by atoms with van der Waals surface area (Å²) in [5, 5.41) is 2.57. The Balaban J connectivity index is 1.96. The molecule has 1 saturated heterocycles. The molecule has 1 N–H and O–H groups in total. The van der Waals surface area contributed by atoms with Gasteiger partial charge in [0.25, 0.3) is 0 Å². The van der Waals surface area contributed by atoms with E-state index in [2.05, 4.69) is 5.32 Å². The van der Waals surface area contributed by atoms with Crippen molar-refractivity contribution in [3.63, 3.8) is 0 Å². The van der Waals surface area contributed by atoms with Crippen molar-refractivity contribution in [2.45, 2.75) is 6.10 Å². The Morgan fingerprint density at radius 2 is 2.17 bits per heavy atom. The lowest BCUT2D eigenvalue weighted by Gasteiger charge is -2.19. The van der Waals surface area contributed by atoms with Crippen LogP contribution < -0.4 is 5.32 Å². The van der Waals surface area contributed by atoms with Crippen molar-refractivity contribution in [1.82, 2.24) is 14.5 Å². The molecule has 23 heavy (non-hydrogen) atoms. The van der Waals surface area contributed by atoms with Crippen molar-refractivity contribution in [3.8, 4) is 0 Å². The first-order chi connectivity index (χ1) is 10.7. The normalized spacial score (nSPS) is 16.7. The number of nitrogens with one attached hydrogen (secondary N) is 1. The molecule has 0 aliphatic carbocycles. The van der Waals surface area contributed by atoms with Crippen molar-refractivity contribution in [1.29, 1.82) is 0 Å². The highest BCUT2D eigenvalue weighted by molar-refractivity contribution is 7.88. The van der Waals surface area contributed by atoms with E-state index in [1.807, 2.05) is 0 Å². The molecule has 11 heteroatoms. The van der Waals surface area contributed by atoms with E-state index < -0.39 is 28.2 Å². The molecule has 1 atom stereocenters. The Kier molecular flexibility index (Phi) is 5.50. The lowest BCUT2D eigenvalue weighted by Crippen LogP contribution is -2.44. The van der Waals surface area contributed by atoms with Gasteiger partial charge in [0, 0.05) is 12.0 Å². The van der Waals surface area contributed by atoms with Crippen molar-refractivity contribution in [2.75, 3.05) is 33.0 Å². The number of urea groups is 2. The zero-order valence-corrected chi connectivity index (χ0v) is 14.9. The number of imide groups is 1. The molecule has 0 unspecified atom stereocenters. The predicted octanol–water partition coefficient (Wildman–Crippen LogP) is 1.50. The highest BCUT2D eigenvalue weighted by Crippen LogP contribution is 2.28. The predicted molar refractivity (Wildman–Crippen MR) is 86.1 cm³/mol. The van der Waals surface area contributed by atoms with E-state index in [1.165, 1.54) is 18.4 Å². The van der Waals surface area contributed by atoms with E-state index in [9.17, 15) is 18.0 Å². The molecule has 2 heterocycles. The number of methoxy groups -OCH3 is 1. The number of hydrogen-bond donors (Lipinski definition) is 1. The summed E-state index contributed by atoms with van der Waals surface area (Å²) in [4.78, 5) is 25.7. The fraction of sp³-hybridized carbons (Fsp3) is 0.500. The first kappa shape index (κ1) is 18.0. The second-order valence-corrected chi connectivity index (χ2v) is 8.48. The molecular weight excluding hydrogens is 366 g/mol. The van der Waals surface area contributed by atoms with Crippen LogP contribution >= 0.6 is 22.9 Å². The van der Waals surface area contributed by atoms with Gasteiger partial charge in [-0.25, -0.2) is 27.2 Å². The number of rotatable bonds is 5. The first-order valence-electron chi connectivity index (χ1n) is 6.59. The van der Waals surface area contributed by atoms with Gasteiger partial charge in [-0.15, -0.1) is 11.3 Å². The van der Waals surface area contributed by atoms with E-state index in [4.69, 9.17) is 16.3 Å². The molecule has 128 valence electrons. The Labute approximate surface area is 143 Å². The maximum absolute atomic E-state index is 12.1. The quantitative estimate of drug-likeness (QED) is 0.833. The van der Waals surface area contributed by atoms with E-state index in [0.29, 0.717) is 8.64 Å². The van der Waals surface area contributed by atoms with Crippen molar-refractivity contribution in [2.24, 2.45) is 0 Å². The minimum Gasteiger partial charge on any atom is -0.374 e. The lowest BCUT2D eigenvalue weighted by molar-refractivity contribution is 0.105. The van der Waals surface area contributed by atoms with Gasteiger partial charge in [-0.2, -0.15) is 0 Å². The summed E-state index contributed by atoms with van der Waals surface area (Å²) in [6.07, 6.45) is 0.522. The molecule has 1 fully saturated rings. The number of carbonyl (C=O) groups is 2. The molecule has 0 bridgehead atoms. The number of halogens is 1. The maximum atomic E-state index is 12.1. The third-order valence-corrected chi connectivity index (χ3v) is 5.71. The molecular formula is C12H16ClN3O5S2. The largest absolute Gasteiger partial charge is 0.374 e. The van der Waals surface area contributed by atoms with E-state index >= 15 is 0 Å². The standard InChI is InChI=1S/C12H16ClN3O5S2/c1-21-8(9-3-4-10(13)22-9)7-14-11(17)15-5-6-16(12(15)18)23(2,19)20/h3-4,8H,5-7H2,1-2H3,(H,14,17)/t8-/m1/s1. The number of amides is 4. The van der Waals surface area contributed by atoms with Gasteiger partial charge in [-0.05, 0) is 12.1 Å². The Morgan fingerprint density at radius 3 is 2.65 bits per heavy atom. The fourth-order valence-corrected chi connectivity index (χ4v) is 4.02. The summed E-state index contributed by atoms with van der Waals surface area (Å²) in [5.74, 6) is 0. The van der Waals surface area contributed by atoms with Crippen LogP contribution in [0.4, 0.5) is 9.59 Å². The number of nitrogens with zero attached hydrogens (tertiary/aromatic N) is 2. The second-order valence-electron chi connectivity index (χ2n) is 4.82. The molecule has 1 aliphatic rings. The minimum absolute atomic E-state index is 0.0141. The Bertz CT molecular complexity index is 705. The molecule has 4 amide bonds. The van der Waals surface area contributed by atoms with Crippen LogP contribution in [0.15, 0.2) is 12.1 Å². The maximum Gasteiger partial charge on any atom is 0.341 e. The van der Waals surface area contributed by atoms with Crippen LogP contribution in [0.5, 0.6) is 0 Å². The smallest absolute Gasteiger partial charge is 0.341 e. The molecule has 0 saturated carbocycles. The Hall–Kier alpha value is -1.36. The molecule has 8 nitrogen and oxygen atoms in total. The highest BCUT2D eigenvalue weighted by Gasteiger charge is 2.38. The third-order valence-electron chi connectivity index (χ3n) is 3.25. The second kappa shape index (κ2) is 7.04. The fourth-order valence-electron chi connectivity index (χ4n) is 2.09. The van der Waals surface area contributed by atoms with Crippen LogP contribution in [-0.2, 0) is 14.8 Å². The number of carbonyl (C=O) groups excluding carboxylic acids is 2. The number of sulfonamides is 1. The monoisotopic (exact) mass is 381 g/mol. The summed E-state index contributed by atoms with van der Waals surface area (Å²) < 4.78 is 29.4. The number of ether oxygens (including phenoxy) is 1. The van der Waals surface area contributed by atoms with Crippen LogP contribution in [0.2, 0.25) is 4.34 Å². The van der Waals surface area contributed by atoms with Gasteiger partial charge in [0.15, 0.2) is 0 Å². The topological polar surface area (TPSA) is 96.0 Å². The van der Waals surface area contributed by atoms with Gasteiger partial charge >= 0.3 is 12.1 Å². The summed E-state index contributed by atoms with van der Waals surface area (Å²) in [5.41, 5.74) is 0. The van der Waals surface area contributed by atoms with Crippen LogP contribution in [0.1, 0.15) is 11.0 Å². The van der Waals surface area contributed by atoms with Gasteiger partial charge in [0.05, 0.1) is 30.2 Å². The SMILES string of the molecule is CO[C@H](CNC(=O)N1CCN(S(C)(=O)=O)C1=O)c1ccc(Cl)s1. The van der Waals surface area contributed by atoms with Crippen molar-refractivity contribution in [3.05, 3.63) is 21.3 Å². The molecule has 0 spiro atoms. The van der Waals surface area contributed by atoms with Crippen molar-refractivity contribution >= 4 is 45.0 Å². The highest BCUT2D eigenvalue weighted by atomic mass is 35.5. The van der Waals surface area contributed by atoms with E-state index in [-0.39, 0.29) is 19.6 Å². The molecule has 0 aromatic carbocycles. The zero-order chi connectivity index (χ0) is 17.2. The zero-order valence-electron chi connectivity index (χ0n) is 12.5. The molecule has 0 radical (unpaired) electrons. The Morgan fingerprint density at radius 1 is 1.48 bits per heavy atom. The van der Waals surface area contributed by atoms with Gasteiger partial charge in [-0.3, -0.25) is 0 Å². The van der Waals surface area contributed by atoms with Crippen LogP contribution in [0.3, 0.4) is 0 Å². The van der Waals surface area contributed by atoms with Gasteiger partial charge in [-0.1, -0.05) is 11.6 Å². The van der Waals surface area contributed by atoms with Gasteiger partial charge in [0.1, 0.15) is 6.10 Å². The average molecular weight is 382 g/mol. The van der Waals surface area contributed by atoms with Gasteiger partial charge in [0.2, 0.25) is 10.0 Å². The van der Waals surface area contributed by atoms with Crippen LogP contribution in [0, 0.1) is 0 Å². The lowest BCUT2D eigenvalue weighted by atomic mass is 10.3. The minimum atomic E-state index is -3.67. The van der Waals surface area contributed by atoms with Crippen molar-refractivity contribution < 1.29 is 22.7 Å². The van der Waals surface area contributed by atoms with Crippen LogP contribution in [0.25, 0.3) is 0 Å². The molecule has 1 aromatic rings. The molecule has 1 aromatic heterocycles. The third kappa shape index (κ3) is 4.14. The molecule has 2 rings (SSSR count). The number of hydrogen-bond acceptors (Lipinski definition) is 6. The van der Waals surface area contributed by atoms with Crippen LogP contribution in [-0.4, -0.2) is 62.7 Å².